The lowest BCUT2D eigenvalue weighted by atomic mass is 9.83. The van der Waals surface area contributed by atoms with E-state index in [0.717, 1.165) is 5.56 Å². The standard InChI is InChI=1S/C27H28O9/c1-15-5-9-21(22(11-15)34-3)36-24(14-25(29)30)26(16-7-10-20(33-2)23(13-16)35-4)18-12-17(27(31)32)6-8-19(18)28/h5-13,24,26,28H,14H2,1-4H3,(H,29,30)(H,31,32). The Kier molecular flexibility index (Phi) is 8.26. The fourth-order valence-electron chi connectivity index (χ4n) is 4.01. The third kappa shape index (κ3) is 5.80. The van der Waals surface area contributed by atoms with E-state index < -0.39 is 30.4 Å². The highest BCUT2D eigenvalue weighted by atomic mass is 16.5. The SMILES string of the molecule is COc1ccc(C(c2cc(C(=O)O)ccc2O)C(CC(=O)O)Oc2ccc(C)cc2OC)cc1OC. The van der Waals surface area contributed by atoms with Gasteiger partial charge in [-0.2, -0.15) is 0 Å². The van der Waals surface area contributed by atoms with E-state index in [1.807, 2.05) is 6.92 Å². The molecule has 2 atom stereocenters. The molecule has 0 fully saturated rings. The van der Waals surface area contributed by atoms with Crippen molar-refractivity contribution in [2.24, 2.45) is 0 Å². The second-order valence-electron chi connectivity index (χ2n) is 8.08. The van der Waals surface area contributed by atoms with E-state index >= 15 is 0 Å². The summed E-state index contributed by atoms with van der Waals surface area (Å²) < 4.78 is 22.4. The maximum atomic E-state index is 11.9. The van der Waals surface area contributed by atoms with Crippen LogP contribution in [-0.2, 0) is 4.79 Å². The number of benzene rings is 3. The number of ether oxygens (including phenoxy) is 4. The number of phenols is 1. The fourth-order valence-corrected chi connectivity index (χ4v) is 4.01. The third-order valence-corrected chi connectivity index (χ3v) is 5.72. The second-order valence-corrected chi connectivity index (χ2v) is 8.08. The van der Waals surface area contributed by atoms with Crippen LogP contribution < -0.4 is 18.9 Å². The van der Waals surface area contributed by atoms with E-state index in [-0.39, 0.29) is 16.9 Å². The van der Waals surface area contributed by atoms with Gasteiger partial charge in [0.15, 0.2) is 23.0 Å². The lowest BCUT2D eigenvalue weighted by molar-refractivity contribution is -0.139. The zero-order valence-electron chi connectivity index (χ0n) is 20.3. The summed E-state index contributed by atoms with van der Waals surface area (Å²) in [5.41, 5.74) is 1.54. The van der Waals surface area contributed by atoms with Crippen molar-refractivity contribution in [3.63, 3.8) is 0 Å². The molecule has 3 N–H and O–H groups in total. The van der Waals surface area contributed by atoms with E-state index in [0.29, 0.717) is 28.6 Å². The van der Waals surface area contributed by atoms with Gasteiger partial charge in [0.1, 0.15) is 11.9 Å². The van der Waals surface area contributed by atoms with Crippen molar-refractivity contribution in [2.75, 3.05) is 21.3 Å². The molecule has 0 heterocycles. The molecule has 3 aromatic carbocycles. The Morgan fingerprint density at radius 2 is 1.44 bits per heavy atom. The molecule has 3 rings (SSSR count). The van der Waals surface area contributed by atoms with Gasteiger partial charge in [-0.3, -0.25) is 4.79 Å². The van der Waals surface area contributed by atoms with Gasteiger partial charge in [-0.15, -0.1) is 0 Å². The molecule has 2 unspecified atom stereocenters. The van der Waals surface area contributed by atoms with Crippen molar-refractivity contribution in [2.45, 2.75) is 25.4 Å². The minimum absolute atomic E-state index is 0.0738. The molecular formula is C27H28O9. The van der Waals surface area contributed by atoms with Crippen molar-refractivity contribution in [3.05, 3.63) is 76.9 Å². The molecule has 3 aromatic rings. The molecule has 0 radical (unpaired) electrons. The highest BCUT2D eigenvalue weighted by molar-refractivity contribution is 5.88. The molecule has 9 heteroatoms. The molecule has 0 bridgehead atoms. The number of hydrogen-bond acceptors (Lipinski definition) is 7. The minimum atomic E-state index is -1.20. The van der Waals surface area contributed by atoms with Gasteiger partial charge in [-0.1, -0.05) is 12.1 Å². The van der Waals surface area contributed by atoms with Crippen molar-refractivity contribution in [1.82, 2.24) is 0 Å². The Bertz CT molecular complexity index is 1250. The second kappa shape index (κ2) is 11.4. The molecule has 9 nitrogen and oxygen atoms in total. The van der Waals surface area contributed by atoms with Crippen LogP contribution in [0.2, 0.25) is 0 Å². The molecule has 0 aliphatic carbocycles. The molecule has 0 aliphatic rings. The molecule has 0 aliphatic heterocycles. The van der Waals surface area contributed by atoms with Crippen LogP contribution in [0, 0.1) is 6.92 Å². The first-order valence-corrected chi connectivity index (χ1v) is 11.0. The van der Waals surface area contributed by atoms with Crippen LogP contribution in [0.1, 0.15) is 39.4 Å². The van der Waals surface area contributed by atoms with Crippen LogP contribution in [0.3, 0.4) is 0 Å². The quantitative estimate of drug-likeness (QED) is 0.351. The van der Waals surface area contributed by atoms with Gasteiger partial charge in [-0.25, -0.2) is 4.79 Å². The molecule has 0 saturated carbocycles. The van der Waals surface area contributed by atoms with E-state index in [1.165, 1.54) is 39.5 Å². The van der Waals surface area contributed by atoms with Crippen molar-refractivity contribution in [1.29, 1.82) is 0 Å². The summed E-state index contributed by atoms with van der Waals surface area (Å²) in [6.45, 7) is 1.88. The van der Waals surface area contributed by atoms with Crippen LogP contribution >= 0.6 is 0 Å². The molecule has 36 heavy (non-hydrogen) atoms. The maximum Gasteiger partial charge on any atom is 0.335 e. The van der Waals surface area contributed by atoms with Gasteiger partial charge in [0, 0.05) is 5.56 Å². The Morgan fingerprint density at radius 1 is 0.806 bits per heavy atom. The van der Waals surface area contributed by atoms with Gasteiger partial charge >= 0.3 is 11.9 Å². The van der Waals surface area contributed by atoms with E-state index in [2.05, 4.69) is 0 Å². The first-order valence-electron chi connectivity index (χ1n) is 11.0. The number of aromatic carboxylic acids is 1. The van der Waals surface area contributed by atoms with Gasteiger partial charge in [0.05, 0.1) is 39.2 Å². The van der Waals surface area contributed by atoms with Crippen molar-refractivity contribution >= 4 is 11.9 Å². The smallest absolute Gasteiger partial charge is 0.335 e. The largest absolute Gasteiger partial charge is 0.508 e. The number of aliphatic carboxylic acids is 1. The maximum absolute atomic E-state index is 11.9. The average Bonchev–Trinajstić information content (AvgIpc) is 2.85. The molecule has 0 aromatic heterocycles. The Balaban J connectivity index is 2.25. The van der Waals surface area contributed by atoms with Crippen molar-refractivity contribution < 1.29 is 43.9 Å². The summed E-state index contributed by atoms with van der Waals surface area (Å²) in [4.78, 5) is 23.6. The summed E-state index contributed by atoms with van der Waals surface area (Å²) in [5, 5.41) is 30.1. The lowest BCUT2D eigenvalue weighted by Crippen LogP contribution is -2.30. The first kappa shape index (κ1) is 26.2. The van der Waals surface area contributed by atoms with E-state index in [4.69, 9.17) is 18.9 Å². The predicted molar refractivity (Wildman–Crippen MR) is 131 cm³/mol. The van der Waals surface area contributed by atoms with Crippen LogP contribution in [-0.4, -0.2) is 54.7 Å². The molecule has 0 saturated heterocycles. The molecule has 190 valence electrons. The number of rotatable bonds is 11. The zero-order chi connectivity index (χ0) is 26.4. The number of aromatic hydroxyl groups is 1. The van der Waals surface area contributed by atoms with Crippen LogP contribution in [0.15, 0.2) is 54.6 Å². The molecular weight excluding hydrogens is 468 g/mol. The predicted octanol–water partition coefficient (Wildman–Crippen LogP) is 4.48. The third-order valence-electron chi connectivity index (χ3n) is 5.72. The number of carboxylic acid groups (broad SMARTS) is 2. The normalized spacial score (nSPS) is 12.3. The summed E-state index contributed by atoms with van der Waals surface area (Å²) >= 11 is 0. The van der Waals surface area contributed by atoms with Gasteiger partial charge in [0.25, 0.3) is 0 Å². The first-order chi connectivity index (χ1) is 17.2. The number of phenolic OH excluding ortho intramolecular Hbond substituents is 1. The van der Waals surface area contributed by atoms with Crippen molar-refractivity contribution in [3.8, 4) is 28.7 Å². The summed E-state index contributed by atoms with van der Waals surface area (Å²) in [6, 6.07) is 14.0. The summed E-state index contributed by atoms with van der Waals surface area (Å²) in [5.74, 6) is -1.95. The summed E-state index contributed by atoms with van der Waals surface area (Å²) in [6.07, 6.45) is -1.54. The number of carboxylic acids is 2. The van der Waals surface area contributed by atoms with Crippen LogP contribution in [0.25, 0.3) is 0 Å². The van der Waals surface area contributed by atoms with E-state index in [1.54, 1.807) is 36.4 Å². The Hall–Kier alpha value is -4.40. The fraction of sp³-hybridized carbons (Fsp3) is 0.259. The van der Waals surface area contributed by atoms with Gasteiger partial charge in [-0.05, 0) is 60.5 Å². The Labute approximate surface area is 208 Å². The Morgan fingerprint density at radius 3 is 2.06 bits per heavy atom. The molecule has 0 amide bonds. The van der Waals surface area contributed by atoms with Crippen LogP contribution in [0.5, 0.6) is 28.7 Å². The number of methoxy groups -OCH3 is 3. The van der Waals surface area contributed by atoms with Gasteiger partial charge < -0.3 is 34.3 Å². The van der Waals surface area contributed by atoms with Crippen LogP contribution in [0.4, 0.5) is 0 Å². The number of aryl methyl sites for hydroxylation is 1. The topological polar surface area (TPSA) is 132 Å². The molecule has 0 spiro atoms. The zero-order valence-corrected chi connectivity index (χ0v) is 20.3. The van der Waals surface area contributed by atoms with Gasteiger partial charge in [0.2, 0.25) is 0 Å². The minimum Gasteiger partial charge on any atom is -0.508 e. The average molecular weight is 497 g/mol. The summed E-state index contributed by atoms with van der Waals surface area (Å²) in [7, 11) is 4.42. The highest BCUT2D eigenvalue weighted by Gasteiger charge is 2.33. The number of hydrogen-bond donors (Lipinski definition) is 3. The monoisotopic (exact) mass is 496 g/mol. The van der Waals surface area contributed by atoms with E-state index in [9.17, 15) is 24.9 Å². The lowest BCUT2D eigenvalue weighted by Gasteiger charge is -2.29. The number of carbonyl (C=O) groups is 2. The highest BCUT2D eigenvalue weighted by Crippen LogP contribution is 2.42.